The van der Waals surface area contributed by atoms with Crippen molar-refractivity contribution < 1.29 is 4.79 Å². The van der Waals surface area contributed by atoms with Crippen LogP contribution in [0.2, 0.25) is 0 Å². The molecule has 3 nitrogen and oxygen atoms in total. The second-order valence-electron chi connectivity index (χ2n) is 5.79. The zero-order chi connectivity index (χ0) is 13.4. The van der Waals surface area contributed by atoms with Crippen LogP contribution in [0.1, 0.15) is 38.7 Å². The average Bonchev–Trinajstić information content (AvgIpc) is 3.01. The Kier molecular flexibility index (Phi) is 3.21. The van der Waals surface area contributed by atoms with Crippen LogP contribution in [0, 0.1) is 0 Å². The Balaban J connectivity index is 1.76. The van der Waals surface area contributed by atoms with E-state index in [-0.39, 0.29) is 11.9 Å². The number of carbonyl (C=O) groups excluding carboxylic acids is 1. The number of likely N-dealkylation sites (tertiary alicyclic amines) is 1. The molecule has 3 atom stereocenters. The van der Waals surface area contributed by atoms with Crippen LogP contribution in [0.4, 0.5) is 5.69 Å². The first-order valence-electron chi connectivity index (χ1n) is 7.37. The van der Waals surface area contributed by atoms with E-state index < -0.39 is 0 Å². The van der Waals surface area contributed by atoms with Crippen LogP contribution in [0.3, 0.4) is 0 Å². The molecule has 1 N–H and O–H groups in total. The third kappa shape index (κ3) is 2.11. The Labute approximate surface area is 115 Å². The molecule has 0 bridgehead atoms. The Morgan fingerprint density at radius 3 is 2.89 bits per heavy atom. The molecular weight excluding hydrogens is 236 g/mol. The molecule has 0 aliphatic carbocycles. The van der Waals surface area contributed by atoms with Gasteiger partial charge in [-0.2, -0.15) is 0 Å². The van der Waals surface area contributed by atoms with E-state index in [1.54, 1.807) is 0 Å². The second-order valence-corrected chi connectivity index (χ2v) is 5.79. The van der Waals surface area contributed by atoms with Crippen molar-refractivity contribution in [2.75, 3.05) is 5.32 Å². The molecule has 1 saturated heterocycles. The number of amides is 1. The van der Waals surface area contributed by atoms with Gasteiger partial charge < -0.3 is 10.2 Å². The smallest absolute Gasteiger partial charge is 0.245 e. The minimum atomic E-state index is -0.0630. The maximum absolute atomic E-state index is 12.8. The largest absolute Gasteiger partial charge is 0.373 e. The molecule has 2 aliphatic heterocycles. The molecule has 2 unspecified atom stereocenters. The summed E-state index contributed by atoms with van der Waals surface area (Å²) in [5, 5.41) is 3.39. The van der Waals surface area contributed by atoms with E-state index >= 15 is 0 Å². The molecule has 1 fully saturated rings. The lowest BCUT2D eigenvalue weighted by atomic mass is 10.1. The summed E-state index contributed by atoms with van der Waals surface area (Å²) in [6, 6.07) is 9.00. The normalized spacial score (nSPS) is 29.2. The van der Waals surface area contributed by atoms with Crippen molar-refractivity contribution in [3.05, 3.63) is 29.8 Å². The molecule has 3 rings (SSSR count). The summed E-state index contributed by atoms with van der Waals surface area (Å²) in [6.45, 7) is 4.36. The van der Waals surface area contributed by atoms with Crippen LogP contribution in [0.25, 0.3) is 0 Å². The van der Waals surface area contributed by atoms with Gasteiger partial charge in [0.05, 0.1) is 0 Å². The van der Waals surface area contributed by atoms with E-state index in [0.717, 1.165) is 31.4 Å². The molecule has 19 heavy (non-hydrogen) atoms. The fourth-order valence-corrected chi connectivity index (χ4v) is 3.50. The van der Waals surface area contributed by atoms with Crippen LogP contribution in [0.15, 0.2) is 24.3 Å². The summed E-state index contributed by atoms with van der Waals surface area (Å²) in [4.78, 5) is 14.9. The van der Waals surface area contributed by atoms with Gasteiger partial charge in [-0.3, -0.25) is 4.79 Å². The Hall–Kier alpha value is -1.51. The third-order valence-electron chi connectivity index (χ3n) is 4.58. The van der Waals surface area contributed by atoms with E-state index in [0.29, 0.717) is 12.1 Å². The van der Waals surface area contributed by atoms with Gasteiger partial charge in [0.1, 0.15) is 6.04 Å². The number of hydrogen-bond donors (Lipinski definition) is 1. The standard InChI is InChI=1S/C16H22N2O/c1-3-13-9-8-11(2)18(13)16(19)15-10-12-6-4-5-7-14(12)17-15/h4-7,11,13,15,17H,3,8-10H2,1-2H3/t11?,13?,15-/m0/s1. The van der Waals surface area contributed by atoms with Gasteiger partial charge in [-0.15, -0.1) is 0 Å². The zero-order valence-corrected chi connectivity index (χ0v) is 11.7. The molecule has 0 aromatic heterocycles. The molecule has 1 aromatic carbocycles. The van der Waals surface area contributed by atoms with Crippen molar-refractivity contribution in [3.8, 4) is 0 Å². The number of fused-ring (bicyclic) bond motifs is 1. The zero-order valence-electron chi connectivity index (χ0n) is 11.7. The van der Waals surface area contributed by atoms with Crippen molar-refractivity contribution in [2.24, 2.45) is 0 Å². The monoisotopic (exact) mass is 258 g/mol. The van der Waals surface area contributed by atoms with Gasteiger partial charge in [-0.1, -0.05) is 25.1 Å². The predicted octanol–water partition coefficient (Wildman–Crippen LogP) is 2.81. The maximum atomic E-state index is 12.8. The number of hydrogen-bond acceptors (Lipinski definition) is 2. The van der Waals surface area contributed by atoms with E-state index in [1.807, 2.05) is 12.1 Å². The van der Waals surface area contributed by atoms with Gasteiger partial charge in [0.15, 0.2) is 0 Å². The molecule has 2 heterocycles. The lowest BCUT2D eigenvalue weighted by Gasteiger charge is -2.30. The fourth-order valence-electron chi connectivity index (χ4n) is 3.50. The second kappa shape index (κ2) is 4.87. The highest BCUT2D eigenvalue weighted by Gasteiger charge is 2.38. The third-order valence-corrected chi connectivity index (χ3v) is 4.58. The van der Waals surface area contributed by atoms with Crippen LogP contribution < -0.4 is 5.32 Å². The van der Waals surface area contributed by atoms with Gasteiger partial charge in [0, 0.05) is 24.2 Å². The summed E-state index contributed by atoms with van der Waals surface area (Å²) in [5.41, 5.74) is 2.39. The van der Waals surface area contributed by atoms with Gasteiger partial charge in [0.25, 0.3) is 0 Å². The first-order chi connectivity index (χ1) is 9.20. The van der Waals surface area contributed by atoms with E-state index in [4.69, 9.17) is 0 Å². The van der Waals surface area contributed by atoms with Crippen LogP contribution in [0.5, 0.6) is 0 Å². The van der Waals surface area contributed by atoms with Crippen molar-refractivity contribution >= 4 is 11.6 Å². The number of nitrogens with zero attached hydrogens (tertiary/aromatic N) is 1. The highest BCUT2D eigenvalue weighted by molar-refractivity contribution is 5.88. The number of rotatable bonds is 2. The number of para-hydroxylation sites is 1. The average molecular weight is 258 g/mol. The lowest BCUT2D eigenvalue weighted by molar-refractivity contribution is -0.134. The number of carbonyl (C=O) groups is 1. The molecular formula is C16H22N2O. The van der Waals surface area contributed by atoms with E-state index in [1.165, 1.54) is 5.56 Å². The number of nitrogens with one attached hydrogen (secondary N) is 1. The molecule has 0 saturated carbocycles. The molecule has 0 spiro atoms. The minimum Gasteiger partial charge on any atom is -0.373 e. The summed E-state index contributed by atoms with van der Waals surface area (Å²) >= 11 is 0. The van der Waals surface area contributed by atoms with Gasteiger partial charge in [0.2, 0.25) is 5.91 Å². The van der Waals surface area contributed by atoms with Gasteiger partial charge >= 0.3 is 0 Å². The van der Waals surface area contributed by atoms with Gasteiger partial charge in [-0.25, -0.2) is 0 Å². The highest BCUT2D eigenvalue weighted by atomic mass is 16.2. The van der Waals surface area contributed by atoms with Crippen molar-refractivity contribution in [1.82, 2.24) is 4.90 Å². The van der Waals surface area contributed by atoms with Crippen LogP contribution >= 0.6 is 0 Å². The van der Waals surface area contributed by atoms with E-state index in [2.05, 4.69) is 36.2 Å². The number of benzene rings is 1. The fraction of sp³-hybridized carbons (Fsp3) is 0.562. The van der Waals surface area contributed by atoms with Crippen molar-refractivity contribution in [3.63, 3.8) is 0 Å². The SMILES string of the molecule is CCC1CCC(C)N1C(=O)[C@@H]1Cc2ccccc2N1. The summed E-state index contributed by atoms with van der Waals surface area (Å²) in [7, 11) is 0. The summed E-state index contributed by atoms with van der Waals surface area (Å²) in [5.74, 6) is 0.285. The van der Waals surface area contributed by atoms with E-state index in [9.17, 15) is 4.79 Å². The highest BCUT2D eigenvalue weighted by Crippen LogP contribution is 2.31. The molecule has 1 amide bonds. The Bertz CT molecular complexity index is 460. The molecule has 0 radical (unpaired) electrons. The molecule has 1 aromatic rings. The van der Waals surface area contributed by atoms with Crippen molar-refractivity contribution in [2.45, 2.75) is 57.7 Å². The molecule has 3 heteroatoms. The quantitative estimate of drug-likeness (QED) is 0.884. The number of anilines is 1. The summed E-state index contributed by atoms with van der Waals surface area (Å²) < 4.78 is 0. The minimum absolute atomic E-state index is 0.0630. The molecule has 102 valence electrons. The molecule has 2 aliphatic rings. The first kappa shape index (κ1) is 12.5. The Morgan fingerprint density at radius 2 is 2.16 bits per heavy atom. The van der Waals surface area contributed by atoms with Gasteiger partial charge in [-0.05, 0) is 37.8 Å². The topological polar surface area (TPSA) is 32.3 Å². The van der Waals surface area contributed by atoms with Crippen LogP contribution in [-0.4, -0.2) is 28.9 Å². The lowest BCUT2D eigenvalue weighted by Crippen LogP contribution is -2.47. The Morgan fingerprint density at radius 1 is 1.37 bits per heavy atom. The predicted molar refractivity (Wildman–Crippen MR) is 77.2 cm³/mol. The summed E-state index contributed by atoms with van der Waals surface area (Å²) in [6.07, 6.45) is 4.19. The van der Waals surface area contributed by atoms with Crippen molar-refractivity contribution in [1.29, 1.82) is 0 Å². The first-order valence-corrected chi connectivity index (χ1v) is 7.37. The van der Waals surface area contributed by atoms with Crippen LogP contribution in [-0.2, 0) is 11.2 Å². The maximum Gasteiger partial charge on any atom is 0.245 e.